The topological polar surface area (TPSA) is 43.1 Å². The van der Waals surface area contributed by atoms with Crippen molar-refractivity contribution >= 4 is 11.6 Å². The highest BCUT2D eigenvalue weighted by Crippen LogP contribution is 2.10. The van der Waals surface area contributed by atoms with E-state index < -0.39 is 6.10 Å². The molecule has 1 aliphatic rings. The molecule has 2 N–H and O–H groups in total. The maximum absolute atomic E-state index is 10.1. The number of benzene rings is 1. The molecule has 21 heavy (non-hydrogen) atoms. The molecule has 0 aliphatic carbocycles. The van der Waals surface area contributed by atoms with Gasteiger partial charge in [0.2, 0.25) is 0 Å². The lowest BCUT2D eigenvalue weighted by atomic mass is 10.2. The Morgan fingerprint density at radius 1 is 1.29 bits per heavy atom. The highest BCUT2D eigenvalue weighted by Gasteiger charge is 2.27. The number of quaternary nitrogens is 1. The smallest absolute Gasteiger partial charge is 0.126 e. The molecule has 0 amide bonds. The number of hydrogen-bond acceptors (Lipinski definition) is 3. The molecule has 1 aromatic carbocycles. The molecule has 2 rings (SSSR count). The molecule has 1 fully saturated rings. The number of halogens is 1. The maximum Gasteiger partial charge on any atom is 0.126 e. The Morgan fingerprint density at radius 3 is 2.52 bits per heavy atom. The van der Waals surface area contributed by atoms with E-state index in [1.807, 2.05) is 24.3 Å². The average molecular weight is 315 g/mol. The van der Waals surface area contributed by atoms with Gasteiger partial charge in [-0.3, -0.25) is 0 Å². The molecule has 0 bridgehead atoms. The number of aliphatic hydroxyl groups is 1. The van der Waals surface area contributed by atoms with Crippen molar-refractivity contribution in [3.05, 3.63) is 34.9 Å². The maximum atomic E-state index is 10.1. The van der Waals surface area contributed by atoms with Gasteiger partial charge in [-0.25, -0.2) is 0 Å². The molecule has 1 aliphatic heterocycles. The van der Waals surface area contributed by atoms with Gasteiger partial charge in [0.25, 0.3) is 0 Å². The van der Waals surface area contributed by atoms with E-state index in [1.165, 1.54) is 4.90 Å². The predicted octanol–water partition coefficient (Wildman–Crippen LogP) is 0.910. The number of nitrogens with one attached hydrogen (secondary N) is 1. The van der Waals surface area contributed by atoms with Gasteiger partial charge in [-0.1, -0.05) is 23.7 Å². The minimum Gasteiger partial charge on any atom is -0.385 e. The van der Waals surface area contributed by atoms with Crippen LogP contribution in [0.1, 0.15) is 19.4 Å². The van der Waals surface area contributed by atoms with Crippen LogP contribution in [0.15, 0.2) is 24.3 Å². The summed E-state index contributed by atoms with van der Waals surface area (Å²) in [5, 5.41) is 10.8. The number of ether oxygens (including phenoxy) is 2. The van der Waals surface area contributed by atoms with Crippen LogP contribution in [0, 0.1) is 0 Å². The Bertz CT molecular complexity index is 416. The van der Waals surface area contributed by atoms with Gasteiger partial charge in [-0.2, -0.15) is 0 Å². The summed E-state index contributed by atoms with van der Waals surface area (Å²) >= 11 is 5.83. The van der Waals surface area contributed by atoms with Crippen LogP contribution in [0.5, 0.6) is 0 Å². The van der Waals surface area contributed by atoms with Gasteiger partial charge < -0.3 is 19.5 Å². The number of aliphatic hydroxyl groups excluding tert-OH is 1. The highest BCUT2D eigenvalue weighted by atomic mass is 35.5. The number of hydrogen-bond donors (Lipinski definition) is 2. The fourth-order valence-corrected chi connectivity index (χ4v) is 2.97. The van der Waals surface area contributed by atoms with Crippen LogP contribution >= 0.6 is 11.6 Å². The second-order valence-electron chi connectivity index (χ2n) is 5.92. The zero-order valence-electron chi connectivity index (χ0n) is 12.7. The minimum absolute atomic E-state index is 0.255. The third-order valence-corrected chi connectivity index (χ3v) is 3.89. The van der Waals surface area contributed by atoms with Gasteiger partial charge in [-0.05, 0) is 31.5 Å². The van der Waals surface area contributed by atoms with E-state index >= 15 is 0 Å². The zero-order chi connectivity index (χ0) is 15.2. The normalized spacial score (nSPS) is 27.5. The second-order valence-corrected chi connectivity index (χ2v) is 6.35. The Morgan fingerprint density at radius 2 is 1.90 bits per heavy atom. The molecular weight excluding hydrogens is 290 g/mol. The van der Waals surface area contributed by atoms with Crippen molar-refractivity contribution in [2.45, 2.75) is 38.8 Å². The second kappa shape index (κ2) is 8.11. The fraction of sp³-hybridized carbons (Fsp3) is 0.625. The Hall–Kier alpha value is -0.650. The molecule has 0 radical (unpaired) electrons. The first-order chi connectivity index (χ1) is 10.0. The standard InChI is InChI=1S/C16H24ClNO3/c1-12-7-18(8-13(2)21-12)9-16(19)11-20-10-14-3-5-15(17)6-4-14/h3-6,12-13,16,19H,7-11H2,1-2H3/p+1/t12-,13-,16+/m1/s1. The molecule has 4 nitrogen and oxygen atoms in total. The summed E-state index contributed by atoms with van der Waals surface area (Å²) < 4.78 is 11.3. The van der Waals surface area contributed by atoms with Crippen LogP contribution < -0.4 is 4.90 Å². The van der Waals surface area contributed by atoms with Crippen molar-refractivity contribution in [2.24, 2.45) is 0 Å². The summed E-state index contributed by atoms with van der Waals surface area (Å²) in [5.74, 6) is 0. The van der Waals surface area contributed by atoms with E-state index in [2.05, 4.69) is 13.8 Å². The quantitative estimate of drug-likeness (QED) is 0.820. The van der Waals surface area contributed by atoms with E-state index in [9.17, 15) is 5.11 Å². The third kappa shape index (κ3) is 5.93. The van der Waals surface area contributed by atoms with E-state index in [1.54, 1.807) is 0 Å². The van der Waals surface area contributed by atoms with Crippen LogP contribution in [0.25, 0.3) is 0 Å². The van der Waals surface area contributed by atoms with Crippen LogP contribution in [0.2, 0.25) is 5.02 Å². The molecule has 1 heterocycles. The molecule has 0 aromatic heterocycles. The van der Waals surface area contributed by atoms with Crippen LogP contribution in [0.3, 0.4) is 0 Å². The summed E-state index contributed by atoms with van der Waals surface area (Å²) in [6, 6.07) is 7.56. The van der Waals surface area contributed by atoms with Crippen molar-refractivity contribution in [3.63, 3.8) is 0 Å². The SMILES string of the molecule is C[C@@H]1C[NH+](C[C@H](O)COCc2ccc(Cl)cc2)C[C@@H](C)O1. The molecule has 0 unspecified atom stereocenters. The lowest BCUT2D eigenvalue weighted by Gasteiger charge is -2.33. The minimum atomic E-state index is -0.440. The molecule has 5 heteroatoms. The van der Waals surface area contributed by atoms with Crippen molar-refractivity contribution < 1.29 is 19.5 Å². The predicted molar refractivity (Wildman–Crippen MR) is 82.7 cm³/mol. The molecule has 0 spiro atoms. The zero-order valence-corrected chi connectivity index (χ0v) is 13.5. The summed E-state index contributed by atoms with van der Waals surface area (Å²) in [4.78, 5) is 1.38. The van der Waals surface area contributed by atoms with Crippen LogP contribution in [-0.4, -0.2) is 49.7 Å². The summed E-state index contributed by atoms with van der Waals surface area (Å²) in [6.45, 7) is 7.61. The van der Waals surface area contributed by atoms with E-state index in [4.69, 9.17) is 21.1 Å². The van der Waals surface area contributed by atoms with Crippen molar-refractivity contribution in [3.8, 4) is 0 Å². The fourth-order valence-electron chi connectivity index (χ4n) is 2.84. The third-order valence-electron chi connectivity index (χ3n) is 3.63. The van der Waals surface area contributed by atoms with Gasteiger partial charge in [-0.15, -0.1) is 0 Å². The van der Waals surface area contributed by atoms with Gasteiger partial charge in [0.1, 0.15) is 37.9 Å². The van der Waals surface area contributed by atoms with Crippen LogP contribution in [-0.2, 0) is 16.1 Å². The Balaban J connectivity index is 1.67. The summed E-state index contributed by atoms with van der Waals surface area (Å²) in [6.07, 6.45) is 0.0710. The molecule has 0 saturated carbocycles. The van der Waals surface area contributed by atoms with Gasteiger partial charge in [0, 0.05) is 5.02 Å². The van der Waals surface area contributed by atoms with Gasteiger partial charge in [0.05, 0.1) is 13.2 Å². The van der Waals surface area contributed by atoms with Crippen molar-refractivity contribution in [1.29, 1.82) is 0 Å². The summed E-state index contributed by atoms with van der Waals surface area (Å²) in [5.41, 5.74) is 1.06. The monoisotopic (exact) mass is 314 g/mol. The largest absolute Gasteiger partial charge is 0.385 e. The van der Waals surface area contributed by atoms with Crippen LogP contribution in [0.4, 0.5) is 0 Å². The first kappa shape index (κ1) is 16.7. The van der Waals surface area contributed by atoms with Crippen molar-refractivity contribution in [1.82, 2.24) is 0 Å². The molecule has 1 aromatic rings. The van der Waals surface area contributed by atoms with Gasteiger partial charge >= 0.3 is 0 Å². The molecule has 118 valence electrons. The Labute approximate surface area is 131 Å². The summed E-state index contributed by atoms with van der Waals surface area (Å²) in [7, 11) is 0. The number of rotatable bonds is 6. The molecule has 3 atom stereocenters. The lowest BCUT2D eigenvalue weighted by molar-refractivity contribution is -0.918. The highest BCUT2D eigenvalue weighted by molar-refractivity contribution is 6.30. The van der Waals surface area contributed by atoms with E-state index in [0.29, 0.717) is 19.8 Å². The number of morpholine rings is 1. The Kier molecular flexibility index (Phi) is 6.45. The van der Waals surface area contributed by atoms with E-state index in [-0.39, 0.29) is 12.2 Å². The van der Waals surface area contributed by atoms with Crippen molar-refractivity contribution in [2.75, 3.05) is 26.2 Å². The molecular formula is C16H25ClNO3+. The molecule has 1 saturated heterocycles. The average Bonchev–Trinajstić information content (AvgIpc) is 2.39. The van der Waals surface area contributed by atoms with E-state index in [0.717, 1.165) is 23.7 Å². The van der Waals surface area contributed by atoms with Gasteiger partial charge in [0.15, 0.2) is 0 Å². The lowest BCUT2D eigenvalue weighted by Crippen LogP contribution is -3.16. The first-order valence-corrected chi connectivity index (χ1v) is 7.90. The first-order valence-electron chi connectivity index (χ1n) is 7.52.